The largest absolute Gasteiger partial charge is 0.347 e. The highest BCUT2D eigenvalue weighted by molar-refractivity contribution is 5.94. The number of hydrogen-bond acceptors (Lipinski definition) is 2. The van der Waals surface area contributed by atoms with Crippen LogP contribution in [0.2, 0.25) is 0 Å². The van der Waals surface area contributed by atoms with Gasteiger partial charge in [0.1, 0.15) is 5.82 Å². The fraction of sp³-hybridized carbons (Fsp3) is 0.125. The van der Waals surface area contributed by atoms with Crippen molar-refractivity contribution in [3.63, 3.8) is 0 Å². The predicted molar refractivity (Wildman–Crippen MR) is 78.1 cm³/mol. The van der Waals surface area contributed by atoms with Gasteiger partial charge in [-0.05, 0) is 23.8 Å². The van der Waals surface area contributed by atoms with Crippen LogP contribution in [0, 0.1) is 23.3 Å². The third-order valence-corrected chi connectivity index (χ3v) is 3.06. The van der Waals surface area contributed by atoms with Gasteiger partial charge in [0.05, 0.1) is 18.7 Å². The van der Waals surface area contributed by atoms with Crippen LogP contribution >= 0.6 is 0 Å². The van der Waals surface area contributed by atoms with Crippen molar-refractivity contribution in [3.05, 3.63) is 65.2 Å². The molecule has 0 aliphatic carbocycles. The maximum Gasteiger partial charge on any atom is 0.243 e. The van der Waals surface area contributed by atoms with Gasteiger partial charge in [0, 0.05) is 0 Å². The molecule has 24 heavy (non-hydrogen) atoms. The molecule has 2 aromatic rings. The normalized spacial score (nSPS) is 10.3. The molecular formula is C16H12F4N2O2. The zero-order chi connectivity index (χ0) is 17.7. The van der Waals surface area contributed by atoms with E-state index < -0.39 is 47.3 Å². The van der Waals surface area contributed by atoms with Gasteiger partial charge in [0.15, 0.2) is 17.5 Å². The number of rotatable bonds is 5. The molecule has 2 amide bonds. The van der Waals surface area contributed by atoms with Crippen LogP contribution in [0.1, 0.15) is 5.56 Å². The average Bonchev–Trinajstić information content (AvgIpc) is 2.56. The molecule has 0 aliphatic heterocycles. The highest BCUT2D eigenvalue weighted by Crippen LogP contribution is 2.19. The van der Waals surface area contributed by atoms with Gasteiger partial charge in [0.25, 0.3) is 0 Å². The number of benzene rings is 2. The lowest BCUT2D eigenvalue weighted by Crippen LogP contribution is -2.34. The minimum absolute atomic E-state index is 0.155. The van der Waals surface area contributed by atoms with E-state index >= 15 is 0 Å². The first-order valence-electron chi connectivity index (χ1n) is 6.82. The summed E-state index contributed by atoms with van der Waals surface area (Å²) in [6, 6.07) is 7.16. The molecule has 126 valence electrons. The molecule has 0 radical (unpaired) electrons. The van der Waals surface area contributed by atoms with Crippen molar-refractivity contribution in [2.75, 3.05) is 11.9 Å². The van der Waals surface area contributed by atoms with E-state index in [1.54, 1.807) is 6.07 Å². The molecule has 0 saturated carbocycles. The number of carbonyl (C=O) groups excluding carboxylic acids is 2. The van der Waals surface area contributed by atoms with Crippen molar-refractivity contribution in [2.24, 2.45) is 0 Å². The summed E-state index contributed by atoms with van der Waals surface area (Å²) in [6.45, 7) is -0.536. The number of nitrogens with one attached hydrogen (secondary N) is 2. The molecule has 2 aromatic carbocycles. The molecule has 0 aliphatic rings. The summed E-state index contributed by atoms with van der Waals surface area (Å²) in [5, 5.41) is 4.22. The molecule has 0 spiro atoms. The number of anilines is 1. The molecule has 0 aromatic heterocycles. The van der Waals surface area contributed by atoms with Gasteiger partial charge < -0.3 is 10.6 Å². The van der Waals surface area contributed by atoms with Crippen LogP contribution < -0.4 is 10.6 Å². The zero-order valence-electron chi connectivity index (χ0n) is 12.2. The summed E-state index contributed by atoms with van der Waals surface area (Å²) < 4.78 is 52.6. The first kappa shape index (κ1) is 17.5. The predicted octanol–water partition coefficient (Wildman–Crippen LogP) is 2.54. The Morgan fingerprint density at radius 2 is 1.54 bits per heavy atom. The lowest BCUT2D eigenvalue weighted by molar-refractivity contribution is -0.123. The van der Waals surface area contributed by atoms with E-state index in [9.17, 15) is 27.2 Å². The van der Waals surface area contributed by atoms with Crippen molar-refractivity contribution in [2.45, 2.75) is 6.42 Å². The van der Waals surface area contributed by atoms with Crippen LogP contribution in [-0.2, 0) is 16.0 Å². The van der Waals surface area contributed by atoms with Crippen LogP contribution in [0.3, 0.4) is 0 Å². The summed E-state index contributed by atoms with van der Waals surface area (Å²) in [5.74, 6) is -6.66. The maximum atomic E-state index is 13.4. The van der Waals surface area contributed by atoms with Crippen LogP contribution in [-0.4, -0.2) is 18.4 Å². The molecule has 0 unspecified atom stereocenters. The lowest BCUT2D eigenvalue weighted by Gasteiger charge is -2.09. The second-order valence-electron chi connectivity index (χ2n) is 4.82. The molecule has 4 nitrogen and oxygen atoms in total. The number of amides is 2. The van der Waals surface area contributed by atoms with E-state index in [0.29, 0.717) is 6.07 Å². The Kier molecular flexibility index (Phi) is 5.51. The van der Waals surface area contributed by atoms with E-state index in [-0.39, 0.29) is 12.0 Å². The average molecular weight is 340 g/mol. The molecule has 2 rings (SSSR count). The third kappa shape index (κ3) is 4.31. The lowest BCUT2D eigenvalue weighted by atomic mass is 10.1. The summed E-state index contributed by atoms with van der Waals surface area (Å²) in [6.07, 6.45) is -0.278. The third-order valence-electron chi connectivity index (χ3n) is 3.06. The Balaban J connectivity index is 1.88. The summed E-state index contributed by atoms with van der Waals surface area (Å²) >= 11 is 0. The molecule has 2 N–H and O–H groups in total. The Labute approximate surface area is 134 Å². The van der Waals surface area contributed by atoms with Gasteiger partial charge in [0.2, 0.25) is 11.8 Å². The van der Waals surface area contributed by atoms with Crippen LogP contribution in [0.5, 0.6) is 0 Å². The smallest absolute Gasteiger partial charge is 0.243 e. The molecule has 0 fully saturated rings. The Morgan fingerprint density at radius 1 is 0.833 bits per heavy atom. The quantitative estimate of drug-likeness (QED) is 0.649. The monoisotopic (exact) mass is 340 g/mol. The van der Waals surface area contributed by atoms with E-state index in [0.717, 1.165) is 6.07 Å². The van der Waals surface area contributed by atoms with E-state index in [1.807, 2.05) is 5.32 Å². The van der Waals surface area contributed by atoms with Gasteiger partial charge in [-0.25, -0.2) is 17.6 Å². The summed E-state index contributed by atoms with van der Waals surface area (Å²) in [7, 11) is 0. The molecule has 0 saturated heterocycles. The Morgan fingerprint density at radius 3 is 2.25 bits per heavy atom. The molecular weight excluding hydrogens is 328 g/mol. The maximum absolute atomic E-state index is 13.4. The van der Waals surface area contributed by atoms with Crippen molar-refractivity contribution in [3.8, 4) is 0 Å². The van der Waals surface area contributed by atoms with E-state index in [2.05, 4.69) is 5.32 Å². The Hall–Kier alpha value is -2.90. The molecule has 0 bridgehead atoms. The standard InChI is InChI=1S/C16H12F4N2O2/c17-10-4-2-1-3-9(10)7-13(23)21-8-14(24)22-12-6-5-11(18)15(19)16(12)20/h1-6H,7-8H2,(H,21,23)(H,22,24). The first-order valence-corrected chi connectivity index (χ1v) is 6.82. The van der Waals surface area contributed by atoms with Gasteiger partial charge >= 0.3 is 0 Å². The number of halogens is 4. The molecule has 8 heteroatoms. The number of carbonyl (C=O) groups is 2. The van der Waals surface area contributed by atoms with Crippen LogP contribution in [0.4, 0.5) is 23.2 Å². The first-order chi connectivity index (χ1) is 11.4. The van der Waals surface area contributed by atoms with Crippen molar-refractivity contribution < 1.29 is 27.2 Å². The molecule has 0 atom stereocenters. The SMILES string of the molecule is O=C(Cc1ccccc1F)NCC(=O)Nc1ccc(F)c(F)c1F. The number of hydrogen-bond donors (Lipinski definition) is 2. The van der Waals surface area contributed by atoms with Gasteiger partial charge in [-0.1, -0.05) is 18.2 Å². The Bertz CT molecular complexity index is 781. The van der Waals surface area contributed by atoms with Crippen molar-refractivity contribution >= 4 is 17.5 Å². The van der Waals surface area contributed by atoms with Crippen molar-refractivity contribution in [1.29, 1.82) is 0 Å². The van der Waals surface area contributed by atoms with Crippen LogP contribution in [0.15, 0.2) is 36.4 Å². The molecule has 0 heterocycles. The highest BCUT2D eigenvalue weighted by atomic mass is 19.2. The fourth-order valence-corrected chi connectivity index (χ4v) is 1.87. The van der Waals surface area contributed by atoms with Gasteiger partial charge in [-0.3, -0.25) is 9.59 Å². The van der Waals surface area contributed by atoms with E-state index in [1.165, 1.54) is 18.2 Å². The zero-order valence-corrected chi connectivity index (χ0v) is 12.2. The second-order valence-corrected chi connectivity index (χ2v) is 4.82. The minimum atomic E-state index is -1.71. The fourth-order valence-electron chi connectivity index (χ4n) is 1.87. The van der Waals surface area contributed by atoms with E-state index in [4.69, 9.17) is 0 Å². The van der Waals surface area contributed by atoms with Crippen molar-refractivity contribution in [1.82, 2.24) is 5.32 Å². The topological polar surface area (TPSA) is 58.2 Å². The van der Waals surface area contributed by atoms with Gasteiger partial charge in [-0.2, -0.15) is 0 Å². The second kappa shape index (κ2) is 7.58. The summed E-state index contributed by atoms with van der Waals surface area (Å²) in [4.78, 5) is 23.2. The minimum Gasteiger partial charge on any atom is -0.347 e. The van der Waals surface area contributed by atoms with Crippen LogP contribution in [0.25, 0.3) is 0 Å². The summed E-state index contributed by atoms with van der Waals surface area (Å²) in [5.41, 5.74) is -0.399. The van der Waals surface area contributed by atoms with Gasteiger partial charge in [-0.15, -0.1) is 0 Å². The highest BCUT2D eigenvalue weighted by Gasteiger charge is 2.15.